The third-order valence-corrected chi connectivity index (χ3v) is 3.97. The molecule has 0 spiro atoms. The van der Waals surface area contributed by atoms with Crippen molar-refractivity contribution in [2.75, 3.05) is 25.0 Å². The zero-order valence-electron chi connectivity index (χ0n) is 17.8. The average molecular weight is 424 g/mol. The summed E-state index contributed by atoms with van der Waals surface area (Å²) in [4.78, 5) is 23.8. The second-order valence-corrected chi connectivity index (χ2v) is 7.87. The summed E-state index contributed by atoms with van der Waals surface area (Å²) in [5.74, 6) is -0.655. The molecule has 1 rings (SSSR count). The zero-order chi connectivity index (χ0) is 22.7. The van der Waals surface area contributed by atoms with Crippen molar-refractivity contribution >= 4 is 17.7 Å². The minimum Gasteiger partial charge on any atom is -0.443 e. The molecule has 168 valence electrons. The van der Waals surface area contributed by atoms with Crippen molar-refractivity contribution in [3.05, 3.63) is 39.9 Å². The number of nitrogens with zero attached hydrogens (tertiary/aromatic N) is 2. The first-order valence-electron chi connectivity index (χ1n) is 9.80. The van der Waals surface area contributed by atoms with E-state index in [2.05, 4.69) is 5.32 Å². The molecule has 1 aromatic carbocycles. The molecular weight excluding hydrogens is 390 g/mol. The van der Waals surface area contributed by atoms with Crippen LogP contribution >= 0.6 is 0 Å². The molecule has 0 saturated heterocycles. The number of rotatable bonds is 10. The van der Waals surface area contributed by atoms with Crippen LogP contribution in [0.5, 0.6) is 0 Å². The van der Waals surface area contributed by atoms with Crippen molar-refractivity contribution in [3.63, 3.8) is 0 Å². The molecular formula is C19H33N7O4. The Morgan fingerprint density at radius 1 is 1.40 bits per heavy atom. The van der Waals surface area contributed by atoms with Crippen LogP contribution in [0.2, 0.25) is 0 Å². The molecule has 0 unspecified atom stereocenters. The van der Waals surface area contributed by atoms with Crippen LogP contribution in [0, 0.1) is 15.5 Å². The number of amides is 1. The number of guanidine groups is 1. The molecule has 7 N–H and O–H groups in total. The number of carbonyl (C=O) groups is 1. The van der Waals surface area contributed by atoms with Crippen LogP contribution in [-0.2, 0) is 11.2 Å². The fourth-order valence-corrected chi connectivity index (χ4v) is 2.62. The Morgan fingerprint density at radius 3 is 2.70 bits per heavy atom. The van der Waals surface area contributed by atoms with Crippen LogP contribution in [0.15, 0.2) is 24.3 Å². The fourth-order valence-electron chi connectivity index (χ4n) is 2.62. The molecule has 1 atom stereocenters. The lowest BCUT2D eigenvalue weighted by Gasteiger charge is -2.26. The molecule has 0 aliphatic carbocycles. The number of nitrogens with one attached hydrogen (secondary N) is 3. The van der Waals surface area contributed by atoms with Crippen LogP contribution in [0.25, 0.3) is 0 Å². The molecule has 30 heavy (non-hydrogen) atoms. The molecule has 1 aromatic rings. The van der Waals surface area contributed by atoms with Gasteiger partial charge in [-0.05, 0) is 64.3 Å². The molecule has 1 amide bonds. The Balaban J connectivity index is 2.55. The first-order valence-corrected chi connectivity index (χ1v) is 9.80. The number of nitro groups is 1. The maximum absolute atomic E-state index is 12.3. The monoisotopic (exact) mass is 423 g/mol. The normalized spacial score (nSPS) is 12.0. The topological polar surface area (TPSA) is 173 Å². The van der Waals surface area contributed by atoms with Crippen LogP contribution in [0.4, 0.5) is 10.5 Å². The van der Waals surface area contributed by atoms with Gasteiger partial charge in [-0.1, -0.05) is 17.6 Å². The quantitative estimate of drug-likeness (QED) is 0.163. The number of hydrogen-bond acceptors (Lipinski definition) is 8. The van der Waals surface area contributed by atoms with Gasteiger partial charge in [-0.25, -0.2) is 19.8 Å². The number of nitrogens with two attached hydrogens (primary N) is 2. The molecule has 0 saturated carbocycles. The predicted molar refractivity (Wildman–Crippen MR) is 116 cm³/mol. The van der Waals surface area contributed by atoms with E-state index in [1.165, 1.54) is 0 Å². The van der Waals surface area contributed by atoms with Crippen molar-refractivity contribution in [3.8, 4) is 0 Å². The van der Waals surface area contributed by atoms with Crippen molar-refractivity contribution in [2.45, 2.75) is 51.7 Å². The predicted octanol–water partition coefficient (Wildman–Crippen LogP) is 1.66. The molecule has 0 aromatic heterocycles. The second kappa shape index (κ2) is 11.9. The maximum Gasteiger partial charge on any atom is 0.417 e. The van der Waals surface area contributed by atoms with E-state index in [4.69, 9.17) is 21.6 Å². The van der Waals surface area contributed by atoms with Crippen LogP contribution in [-0.4, -0.2) is 53.3 Å². The Kier molecular flexibility index (Phi) is 9.99. The highest BCUT2D eigenvalue weighted by atomic mass is 16.7. The smallest absolute Gasteiger partial charge is 0.417 e. The van der Waals surface area contributed by atoms with Crippen molar-refractivity contribution < 1.29 is 14.6 Å². The van der Waals surface area contributed by atoms with Crippen LogP contribution in [0.1, 0.15) is 39.2 Å². The largest absolute Gasteiger partial charge is 0.443 e. The van der Waals surface area contributed by atoms with E-state index in [9.17, 15) is 14.9 Å². The molecule has 0 heterocycles. The Labute approximate surface area is 176 Å². The van der Waals surface area contributed by atoms with Crippen molar-refractivity contribution in [2.24, 2.45) is 11.5 Å². The highest BCUT2D eigenvalue weighted by Gasteiger charge is 2.27. The summed E-state index contributed by atoms with van der Waals surface area (Å²) in [5, 5.41) is 20.8. The number of benzene rings is 1. The molecule has 0 aliphatic heterocycles. The van der Waals surface area contributed by atoms with Gasteiger partial charge in [0.2, 0.25) is 0 Å². The fraction of sp³-hybridized carbons (Fsp3) is 0.579. The summed E-state index contributed by atoms with van der Waals surface area (Å²) >= 11 is 0. The van der Waals surface area contributed by atoms with Crippen LogP contribution in [0.3, 0.4) is 0 Å². The minimum atomic E-state index is -0.895. The number of ether oxygens (including phenoxy) is 1. The molecule has 11 heteroatoms. The summed E-state index contributed by atoms with van der Waals surface area (Å²) in [5.41, 5.74) is 14.7. The lowest BCUT2D eigenvalue weighted by Crippen LogP contribution is -2.48. The lowest BCUT2D eigenvalue weighted by atomic mass is 10.1. The van der Waals surface area contributed by atoms with E-state index < -0.39 is 22.7 Å². The molecule has 11 nitrogen and oxygen atoms in total. The molecule has 0 radical (unpaired) electrons. The van der Waals surface area contributed by atoms with Gasteiger partial charge in [0, 0.05) is 24.8 Å². The van der Waals surface area contributed by atoms with E-state index in [1.807, 2.05) is 24.3 Å². The second-order valence-electron chi connectivity index (χ2n) is 7.87. The molecule has 0 aliphatic rings. The standard InChI is InChI=1S/C19H33N7O4/c1-19(2,3)30-18(27)25(17(22)24-26(28)29)11-5-7-15(21)13-23-16-8-4-6-14(12-16)9-10-20/h4,6,8,12,15,23H,5,7,9-11,13,20-21H2,1-3H3,(H2,22,24)/t15-/m0/s1. The highest BCUT2D eigenvalue weighted by Crippen LogP contribution is 2.13. The number of hydrazine groups is 1. The lowest BCUT2D eigenvalue weighted by molar-refractivity contribution is -0.526. The van der Waals surface area contributed by atoms with E-state index in [1.54, 1.807) is 26.2 Å². The van der Waals surface area contributed by atoms with Gasteiger partial charge in [-0.2, -0.15) is 0 Å². The number of carbonyl (C=O) groups excluding carboxylic acids is 1. The SMILES string of the molecule is CC(C)(C)OC(=O)N(CCC[C@H](N)CNc1cccc(CCN)c1)C(=N)N[N+](=O)[O-]. The average Bonchev–Trinajstić information content (AvgIpc) is 2.62. The summed E-state index contributed by atoms with van der Waals surface area (Å²) in [6.45, 7) is 6.20. The zero-order valence-corrected chi connectivity index (χ0v) is 17.8. The summed E-state index contributed by atoms with van der Waals surface area (Å²) in [6, 6.07) is 7.72. The van der Waals surface area contributed by atoms with Gasteiger partial charge in [0.15, 0.2) is 5.03 Å². The first-order chi connectivity index (χ1) is 14.0. The van der Waals surface area contributed by atoms with E-state index in [-0.39, 0.29) is 12.6 Å². The van der Waals surface area contributed by atoms with Gasteiger partial charge in [0.1, 0.15) is 5.60 Å². The Morgan fingerprint density at radius 2 is 2.10 bits per heavy atom. The number of hydrogen-bond donors (Lipinski definition) is 5. The van der Waals surface area contributed by atoms with E-state index in [0.29, 0.717) is 25.9 Å². The molecule has 0 bridgehead atoms. The van der Waals surface area contributed by atoms with Crippen molar-refractivity contribution in [1.29, 1.82) is 5.41 Å². The van der Waals surface area contributed by atoms with Gasteiger partial charge in [0.05, 0.1) is 0 Å². The van der Waals surface area contributed by atoms with Crippen LogP contribution < -0.4 is 22.2 Å². The van der Waals surface area contributed by atoms with Gasteiger partial charge in [-0.15, -0.1) is 0 Å². The van der Waals surface area contributed by atoms with Gasteiger partial charge in [0.25, 0.3) is 5.96 Å². The summed E-state index contributed by atoms with van der Waals surface area (Å²) < 4.78 is 5.23. The minimum absolute atomic E-state index is 0.0638. The van der Waals surface area contributed by atoms with E-state index >= 15 is 0 Å². The van der Waals surface area contributed by atoms with Gasteiger partial charge in [-0.3, -0.25) is 5.41 Å². The van der Waals surface area contributed by atoms with Gasteiger partial charge >= 0.3 is 6.09 Å². The van der Waals surface area contributed by atoms with Gasteiger partial charge < -0.3 is 21.5 Å². The summed E-state index contributed by atoms with van der Waals surface area (Å²) in [7, 11) is 0. The van der Waals surface area contributed by atoms with E-state index in [0.717, 1.165) is 22.6 Å². The maximum atomic E-state index is 12.3. The molecule has 0 fully saturated rings. The third-order valence-electron chi connectivity index (χ3n) is 3.97. The third kappa shape index (κ3) is 10.0. The first kappa shape index (κ1) is 25.1. The number of anilines is 1. The summed E-state index contributed by atoms with van der Waals surface area (Å²) in [6.07, 6.45) is 0.953. The Bertz CT molecular complexity index is 721. The highest BCUT2D eigenvalue weighted by molar-refractivity contribution is 5.91. The van der Waals surface area contributed by atoms with Crippen molar-refractivity contribution in [1.82, 2.24) is 10.3 Å². The Hall–Kier alpha value is -2.92.